The van der Waals surface area contributed by atoms with Gasteiger partial charge >= 0.3 is 0 Å². The van der Waals surface area contributed by atoms with Gasteiger partial charge in [0.1, 0.15) is 17.3 Å². The Morgan fingerprint density at radius 1 is 1.05 bits per heavy atom. The second kappa shape index (κ2) is 10.5. The standard InChI is InChI=1S/C29H24FN3O4S/c1-17-25(27(34)32-21-7-5-4-6-8-21)26(18-9-11-20(30)12-10-18)33-28(35)24(38-29(33)31-17)16-19-15-22(36-2)13-14-23(19)37-3/h4-16,26H,1-3H3,(H,32,34)/b24-16+/t26-/m1/s1. The van der Waals surface area contributed by atoms with Crippen LogP contribution in [0.2, 0.25) is 0 Å². The maximum Gasteiger partial charge on any atom is 0.271 e. The van der Waals surface area contributed by atoms with E-state index in [2.05, 4.69) is 10.3 Å². The normalized spacial score (nSPS) is 15.1. The number of benzene rings is 3. The topological polar surface area (TPSA) is 81.9 Å². The lowest BCUT2D eigenvalue weighted by Crippen LogP contribution is -2.40. The zero-order valence-corrected chi connectivity index (χ0v) is 21.7. The molecular formula is C29H24FN3O4S. The van der Waals surface area contributed by atoms with E-state index < -0.39 is 17.8 Å². The summed E-state index contributed by atoms with van der Waals surface area (Å²) in [5.74, 6) is 0.383. The SMILES string of the molecule is COc1ccc(OC)c(/C=c2/sc3n(c2=O)[C@H](c2ccc(F)cc2)C(C(=O)Nc2ccccc2)=C(C)N=3)c1. The van der Waals surface area contributed by atoms with Crippen LogP contribution in [-0.4, -0.2) is 24.7 Å². The van der Waals surface area contributed by atoms with Crippen molar-refractivity contribution in [2.75, 3.05) is 19.5 Å². The summed E-state index contributed by atoms with van der Waals surface area (Å²) >= 11 is 1.20. The fourth-order valence-corrected chi connectivity index (χ4v) is 5.42. The Balaban J connectivity index is 1.69. The quantitative estimate of drug-likeness (QED) is 0.409. The van der Waals surface area contributed by atoms with E-state index in [4.69, 9.17) is 9.47 Å². The van der Waals surface area contributed by atoms with Gasteiger partial charge < -0.3 is 14.8 Å². The van der Waals surface area contributed by atoms with Crippen LogP contribution in [0.3, 0.4) is 0 Å². The largest absolute Gasteiger partial charge is 0.497 e. The Labute approximate surface area is 221 Å². The van der Waals surface area contributed by atoms with Crippen LogP contribution in [0.5, 0.6) is 11.5 Å². The van der Waals surface area contributed by atoms with E-state index in [1.165, 1.54) is 28.0 Å². The highest BCUT2D eigenvalue weighted by molar-refractivity contribution is 7.07. The monoisotopic (exact) mass is 529 g/mol. The molecule has 1 aliphatic heterocycles. The van der Waals surface area contributed by atoms with Crippen LogP contribution in [0.4, 0.5) is 10.1 Å². The molecule has 0 bridgehead atoms. The van der Waals surface area contributed by atoms with Crippen LogP contribution in [0.25, 0.3) is 6.08 Å². The molecule has 0 saturated heterocycles. The molecule has 0 unspecified atom stereocenters. The molecule has 0 aliphatic carbocycles. The van der Waals surface area contributed by atoms with Crippen molar-refractivity contribution in [3.05, 3.63) is 121 Å². The number of fused-ring (bicyclic) bond motifs is 1. The summed E-state index contributed by atoms with van der Waals surface area (Å²) in [6.07, 6.45) is 1.72. The zero-order chi connectivity index (χ0) is 26.8. The molecule has 3 aromatic carbocycles. The lowest BCUT2D eigenvalue weighted by atomic mass is 9.95. The number of rotatable bonds is 6. The van der Waals surface area contributed by atoms with Gasteiger partial charge in [-0.1, -0.05) is 41.7 Å². The highest BCUT2D eigenvalue weighted by atomic mass is 32.1. The van der Waals surface area contributed by atoms with Crippen LogP contribution in [0.1, 0.15) is 24.1 Å². The number of ether oxygens (including phenoxy) is 2. The van der Waals surface area contributed by atoms with E-state index in [1.54, 1.807) is 69.7 Å². The molecule has 0 fully saturated rings. The van der Waals surface area contributed by atoms with E-state index in [1.807, 2.05) is 18.2 Å². The Kier molecular flexibility index (Phi) is 6.93. The number of nitrogens with zero attached hydrogens (tertiary/aromatic N) is 2. The maximum absolute atomic E-state index is 13.8. The van der Waals surface area contributed by atoms with Crippen molar-refractivity contribution in [3.8, 4) is 11.5 Å². The zero-order valence-electron chi connectivity index (χ0n) is 20.9. The number of thiazole rings is 1. The second-order valence-electron chi connectivity index (χ2n) is 8.56. The number of anilines is 1. The number of methoxy groups -OCH3 is 2. The van der Waals surface area contributed by atoms with Crippen molar-refractivity contribution in [2.45, 2.75) is 13.0 Å². The molecule has 5 rings (SSSR count). The average molecular weight is 530 g/mol. The summed E-state index contributed by atoms with van der Waals surface area (Å²) in [5.41, 5.74) is 2.31. The van der Waals surface area contributed by atoms with Gasteiger partial charge in [0.25, 0.3) is 11.5 Å². The lowest BCUT2D eigenvalue weighted by Gasteiger charge is -2.25. The van der Waals surface area contributed by atoms with Crippen LogP contribution in [0, 0.1) is 5.82 Å². The van der Waals surface area contributed by atoms with Gasteiger partial charge in [-0.05, 0) is 61.0 Å². The molecule has 1 amide bonds. The highest BCUT2D eigenvalue weighted by Crippen LogP contribution is 2.31. The molecule has 0 saturated carbocycles. The van der Waals surface area contributed by atoms with E-state index in [0.29, 0.717) is 48.9 Å². The minimum atomic E-state index is -0.801. The van der Waals surface area contributed by atoms with Crippen molar-refractivity contribution in [3.63, 3.8) is 0 Å². The van der Waals surface area contributed by atoms with Gasteiger partial charge in [0, 0.05) is 11.3 Å². The summed E-state index contributed by atoms with van der Waals surface area (Å²) in [6, 6.07) is 19.3. The molecule has 4 aromatic rings. The van der Waals surface area contributed by atoms with Gasteiger partial charge in [-0.25, -0.2) is 9.38 Å². The first-order valence-electron chi connectivity index (χ1n) is 11.8. The third-order valence-electron chi connectivity index (χ3n) is 6.21. The summed E-state index contributed by atoms with van der Waals surface area (Å²) in [5, 5.41) is 2.90. The smallest absolute Gasteiger partial charge is 0.271 e. The molecule has 2 heterocycles. The third kappa shape index (κ3) is 4.76. The summed E-state index contributed by atoms with van der Waals surface area (Å²) in [6.45, 7) is 1.73. The Hall–Kier alpha value is -4.50. The van der Waals surface area contributed by atoms with Crippen molar-refractivity contribution < 1.29 is 18.7 Å². The second-order valence-corrected chi connectivity index (χ2v) is 9.57. The predicted octanol–water partition coefficient (Wildman–Crippen LogP) is 4.03. The third-order valence-corrected chi connectivity index (χ3v) is 7.19. The van der Waals surface area contributed by atoms with E-state index in [-0.39, 0.29) is 5.56 Å². The fraction of sp³-hybridized carbons (Fsp3) is 0.138. The van der Waals surface area contributed by atoms with Crippen molar-refractivity contribution in [1.82, 2.24) is 4.57 Å². The first-order chi connectivity index (χ1) is 18.4. The van der Waals surface area contributed by atoms with E-state index in [9.17, 15) is 14.0 Å². The Morgan fingerprint density at radius 3 is 2.47 bits per heavy atom. The molecule has 192 valence electrons. The number of para-hydroxylation sites is 1. The molecule has 7 nitrogen and oxygen atoms in total. The fourth-order valence-electron chi connectivity index (χ4n) is 4.39. The van der Waals surface area contributed by atoms with Crippen molar-refractivity contribution in [2.24, 2.45) is 4.99 Å². The van der Waals surface area contributed by atoms with Crippen molar-refractivity contribution >= 4 is 29.0 Å². The van der Waals surface area contributed by atoms with Crippen LogP contribution in [0.15, 0.2) is 93.9 Å². The van der Waals surface area contributed by atoms with Crippen LogP contribution >= 0.6 is 11.3 Å². The van der Waals surface area contributed by atoms with Gasteiger partial charge in [0.2, 0.25) is 0 Å². The number of amides is 1. The minimum absolute atomic E-state index is 0.304. The molecule has 1 aliphatic rings. The summed E-state index contributed by atoms with van der Waals surface area (Å²) in [7, 11) is 3.11. The molecule has 0 spiro atoms. The number of allylic oxidation sites excluding steroid dienone is 1. The van der Waals surface area contributed by atoms with E-state index in [0.717, 1.165) is 0 Å². The van der Waals surface area contributed by atoms with Crippen LogP contribution < -0.4 is 29.7 Å². The van der Waals surface area contributed by atoms with Gasteiger partial charge in [-0.15, -0.1) is 0 Å². The number of nitrogens with one attached hydrogen (secondary N) is 1. The Bertz CT molecular complexity index is 1720. The number of hydrogen-bond donors (Lipinski definition) is 1. The number of carbonyl (C=O) groups is 1. The maximum atomic E-state index is 13.8. The van der Waals surface area contributed by atoms with Gasteiger partial charge in [-0.2, -0.15) is 0 Å². The molecule has 1 N–H and O–H groups in total. The average Bonchev–Trinajstić information content (AvgIpc) is 3.22. The molecular weight excluding hydrogens is 505 g/mol. The molecule has 9 heteroatoms. The lowest BCUT2D eigenvalue weighted by molar-refractivity contribution is -0.113. The predicted molar refractivity (Wildman–Crippen MR) is 145 cm³/mol. The molecule has 1 atom stereocenters. The van der Waals surface area contributed by atoms with Crippen LogP contribution in [-0.2, 0) is 4.79 Å². The molecule has 0 radical (unpaired) electrons. The summed E-state index contributed by atoms with van der Waals surface area (Å²) < 4.78 is 26.5. The summed E-state index contributed by atoms with van der Waals surface area (Å²) in [4.78, 5) is 32.5. The van der Waals surface area contributed by atoms with Crippen molar-refractivity contribution in [1.29, 1.82) is 0 Å². The molecule has 1 aromatic heterocycles. The van der Waals surface area contributed by atoms with Gasteiger partial charge in [0.15, 0.2) is 4.80 Å². The Morgan fingerprint density at radius 2 is 1.79 bits per heavy atom. The van der Waals surface area contributed by atoms with Gasteiger partial charge in [-0.3, -0.25) is 14.2 Å². The minimum Gasteiger partial charge on any atom is -0.497 e. The highest BCUT2D eigenvalue weighted by Gasteiger charge is 2.32. The first-order valence-corrected chi connectivity index (χ1v) is 12.6. The van der Waals surface area contributed by atoms with E-state index >= 15 is 0 Å². The number of hydrogen-bond acceptors (Lipinski definition) is 6. The number of carbonyl (C=O) groups excluding carboxylic acids is 1. The first kappa shape index (κ1) is 25.2. The molecule has 38 heavy (non-hydrogen) atoms. The number of aromatic nitrogens is 1. The number of halogens is 1. The van der Waals surface area contributed by atoms with Gasteiger partial charge in [0.05, 0.1) is 36.1 Å².